The molecule has 0 fully saturated rings. The standard InChI is InChI=1S/C10H24N2/c1-9(2)5-6-11-7-8-12-10(3)4/h9-12H,5-8H2,1-4H3. The zero-order valence-electron chi connectivity index (χ0n) is 8.98. The van der Waals surface area contributed by atoms with Crippen LogP contribution in [0.3, 0.4) is 0 Å². The monoisotopic (exact) mass is 172 g/mol. The van der Waals surface area contributed by atoms with E-state index in [0.717, 1.165) is 25.6 Å². The van der Waals surface area contributed by atoms with Gasteiger partial charge in [0.1, 0.15) is 0 Å². The topological polar surface area (TPSA) is 24.1 Å². The van der Waals surface area contributed by atoms with Crippen molar-refractivity contribution in [2.24, 2.45) is 5.92 Å². The van der Waals surface area contributed by atoms with Crippen molar-refractivity contribution in [3.63, 3.8) is 0 Å². The maximum atomic E-state index is 3.41. The highest BCUT2D eigenvalue weighted by Gasteiger charge is 1.93. The molecular formula is C10H24N2. The van der Waals surface area contributed by atoms with Crippen LogP contribution in [0.2, 0.25) is 0 Å². The zero-order valence-corrected chi connectivity index (χ0v) is 8.98. The van der Waals surface area contributed by atoms with Crippen molar-refractivity contribution in [1.29, 1.82) is 0 Å². The molecule has 0 heterocycles. The summed E-state index contributed by atoms with van der Waals surface area (Å²) in [4.78, 5) is 0. The Balaban J connectivity index is 2.91. The van der Waals surface area contributed by atoms with Crippen LogP contribution in [0.5, 0.6) is 0 Å². The van der Waals surface area contributed by atoms with Crippen molar-refractivity contribution in [1.82, 2.24) is 10.6 Å². The maximum Gasteiger partial charge on any atom is 0.00790 e. The highest BCUT2D eigenvalue weighted by Crippen LogP contribution is 1.95. The van der Waals surface area contributed by atoms with Gasteiger partial charge in [-0.25, -0.2) is 0 Å². The molecule has 0 bridgehead atoms. The van der Waals surface area contributed by atoms with Gasteiger partial charge in [0.15, 0.2) is 0 Å². The SMILES string of the molecule is CC(C)CCNCCNC(C)C. The molecule has 0 aromatic heterocycles. The fourth-order valence-electron chi connectivity index (χ4n) is 0.965. The Morgan fingerprint density at radius 3 is 2.08 bits per heavy atom. The van der Waals surface area contributed by atoms with Gasteiger partial charge in [-0.15, -0.1) is 0 Å². The summed E-state index contributed by atoms with van der Waals surface area (Å²) in [5, 5.41) is 6.78. The number of rotatable bonds is 7. The molecule has 0 unspecified atom stereocenters. The second-order valence-corrected chi connectivity index (χ2v) is 4.04. The lowest BCUT2D eigenvalue weighted by atomic mass is 10.1. The molecule has 0 saturated heterocycles. The van der Waals surface area contributed by atoms with Crippen molar-refractivity contribution in [3.8, 4) is 0 Å². The first kappa shape index (κ1) is 11.9. The van der Waals surface area contributed by atoms with E-state index in [1.54, 1.807) is 0 Å². The van der Waals surface area contributed by atoms with Gasteiger partial charge in [0.05, 0.1) is 0 Å². The quantitative estimate of drug-likeness (QED) is 0.570. The minimum absolute atomic E-state index is 0.608. The fraction of sp³-hybridized carbons (Fsp3) is 1.00. The van der Waals surface area contributed by atoms with Gasteiger partial charge in [0, 0.05) is 19.1 Å². The van der Waals surface area contributed by atoms with Crippen molar-refractivity contribution in [3.05, 3.63) is 0 Å². The van der Waals surface area contributed by atoms with Gasteiger partial charge < -0.3 is 10.6 Å². The van der Waals surface area contributed by atoms with Crippen LogP contribution in [-0.4, -0.2) is 25.7 Å². The number of hydrogen-bond acceptors (Lipinski definition) is 2. The highest BCUT2D eigenvalue weighted by atomic mass is 14.9. The molecule has 0 aliphatic carbocycles. The predicted octanol–water partition coefficient (Wildman–Crippen LogP) is 1.62. The van der Waals surface area contributed by atoms with Gasteiger partial charge in [-0.2, -0.15) is 0 Å². The summed E-state index contributed by atoms with van der Waals surface area (Å²) in [6.45, 7) is 12.2. The minimum atomic E-state index is 0.608. The lowest BCUT2D eigenvalue weighted by molar-refractivity contribution is 0.513. The van der Waals surface area contributed by atoms with Gasteiger partial charge in [0.2, 0.25) is 0 Å². The predicted molar refractivity (Wildman–Crippen MR) is 55.5 cm³/mol. The van der Waals surface area contributed by atoms with Gasteiger partial charge in [-0.1, -0.05) is 27.7 Å². The Morgan fingerprint density at radius 1 is 0.917 bits per heavy atom. The van der Waals surface area contributed by atoms with Crippen LogP contribution < -0.4 is 10.6 Å². The lowest BCUT2D eigenvalue weighted by Gasteiger charge is -2.09. The molecule has 74 valence electrons. The van der Waals surface area contributed by atoms with E-state index in [1.807, 2.05) is 0 Å². The van der Waals surface area contributed by atoms with E-state index in [0.29, 0.717) is 6.04 Å². The summed E-state index contributed by atoms with van der Waals surface area (Å²) < 4.78 is 0. The molecule has 0 aliphatic heterocycles. The number of hydrogen-bond donors (Lipinski definition) is 2. The molecule has 0 radical (unpaired) electrons. The first-order valence-electron chi connectivity index (χ1n) is 5.07. The third-order valence-corrected chi connectivity index (χ3v) is 1.75. The normalized spacial score (nSPS) is 11.5. The molecule has 0 amide bonds. The molecule has 0 saturated carbocycles. The molecule has 2 nitrogen and oxygen atoms in total. The van der Waals surface area contributed by atoms with Crippen molar-refractivity contribution >= 4 is 0 Å². The smallest absolute Gasteiger partial charge is 0.00790 e. The van der Waals surface area contributed by atoms with E-state index < -0.39 is 0 Å². The summed E-state index contributed by atoms with van der Waals surface area (Å²) in [6, 6.07) is 0.608. The summed E-state index contributed by atoms with van der Waals surface area (Å²) in [7, 11) is 0. The molecule has 0 aliphatic rings. The molecule has 0 spiro atoms. The molecule has 0 rings (SSSR count). The van der Waals surface area contributed by atoms with Crippen LogP contribution >= 0.6 is 0 Å². The van der Waals surface area contributed by atoms with Crippen LogP contribution in [-0.2, 0) is 0 Å². The van der Waals surface area contributed by atoms with E-state index >= 15 is 0 Å². The lowest BCUT2D eigenvalue weighted by Crippen LogP contribution is -2.32. The fourth-order valence-corrected chi connectivity index (χ4v) is 0.965. The van der Waals surface area contributed by atoms with Gasteiger partial charge in [0.25, 0.3) is 0 Å². The third kappa shape index (κ3) is 9.92. The average Bonchev–Trinajstić information content (AvgIpc) is 1.95. The van der Waals surface area contributed by atoms with Gasteiger partial charge in [-0.05, 0) is 18.9 Å². The summed E-state index contributed by atoms with van der Waals surface area (Å²) in [5.74, 6) is 0.815. The Kier molecular flexibility index (Phi) is 7.51. The Bertz CT molecular complexity index is 77.8. The molecule has 12 heavy (non-hydrogen) atoms. The first-order valence-corrected chi connectivity index (χ1v) is 5.07. The van der Waals surface area contributed by atoms with E-state index in [-0.39, 0.29) is 0 Å². The average molecular weight is 172 g/mol. The van der Waals surface area contributed by atoms with E-state index in [9.17, 15) is 0 Å². The van der Waals surface area contributed by atoms with E-state index in [2.05, 4.69) is 38.3 Å². The van der Waals surface area contributed by atoms with Crippen molar-refractivity contribution < 1.29 is 0 Å². The summed E-state index contributed by atoms with van der Waals surface area (Å²) >= 11 is 0. The second kappa shape index (κ2) is 7.56. The molecular weight excluding hydrogens is 148 g/mol. The highest BCUT2D eigenvalue weighted by molar-refractivity contribution is 4.56. The molecule has 2 N–H and O–H groups in total. The molecule has 0 aromatic rings. The van der Waals surface area contributed by atoms with Crippen molar-refractivity contribution in [2.45, 2.75) is 40.2 Å². The summed E-state index contributed by atoms with van der Waals surface area (Å²) in [6.07, 6.45) is 1.28. The Labute approximate surface area is 77.1 Å². The van der Waals surface area contributed by atoms with Crippen LogP contribution in [0.4, 0.5) is 0 Å². The van der Waals surface area contributed by atoms with Gasteiger partial charge in [-0.3, -0.25) is 0 Å². The zero-order chi connectivity index (χ0) is 9.40. The first-order chi connectivity index (χ1) is 5.63. The Hall–Kier alpha value is -0.0800. The molecule has 0 aromatic carbocycles. The van der Waals surface area contributed by atoms with Crippen LogP contribution in [0.15, 0.2) is 0 Å². The third-order valence-electron chi connectivity index (χ3n) is 1.75. The minimum Gasteiger partial charge on any atom is -0.315 e. The van der Waals surface area contributed by atoms with Gasteiger partial charge >= 0.3 is 0 Å². The largest absolute Gasteiger partial charge is 0.315 e. The molecule has 0 atom stereocenters. The molecule has 2 heteroatoms. The maximum absolute atomic E-state index is 3.41. The van der Waals surface area contributed by atoms with Crippen LogP contribution in [0.25, 0.3) is 0 Å². The number of nitrogens with one attached hydrogen (secondary N) is 2. The van der Waals surface area contributed by atoms with Crippen LogP contribution in [0, 0.1) is 5.92 Å². The van der Waals surface area contributed by atoms with E-state index in [1.165, 1.54) is 6.42 Å². The van der Waals surface area contributed by atoms with E-state index in [4.69, 9.17) is 0 Å². The van der Waals surface area contributed by atoms with Crippen LogP contribution in [0.1, 0.15) is 34.1 Å². The second-order valence-electron chi connectivity index (χ2n) is 4.04. The Morgan fingerprint density at radius 2 is 1.58 bits per heavy atom. The summed E-state index contributed by atoms with van der Waals surface area (Å²) in [5.41, 5.74) is 0. The van der Waals surface area contributed by atoms with Crippen molar-refractivity contribution in [2.75, 3.05) is 19.6 Å².